The smallest absolute Gasteiger partial charge is 0.335 e. The van der Waals surface area contributed by atoms with E-state index in [1.807, 2.05) is 0 Å². The molecule has 130 valence electrons. The first-order chi connectivity index (χ1) is 11.7. The average molecular weight is 348 g/mol. The topological polar surface area (TPSA) is 158 Å². The summed E-state index contributed by atoms with van der Waals surface area (Å²) in [5.74, 6) is -6.55. The molecule has 0 unspecified atom stereocenters. The molecular weight excluding hydrogens is 336 g/mol. The van der Waals surface area contributed by atoms with Crippen molar-refractivity contribution in [3.63, 3.8) is 0 Å². The van der Waals surface area contributed by atoms with Crippen LogP contribution in [0.2, 0.25) is 0 Å². The lowest BCUT2D eigenvalue weighted by molar-refractivity contribution is -0.164. The van der Waals surface area contributed by atoms with Crippen LogP contribution in [0.3, 0.4) is 0 Å². The molecule has 0 amide bonds. The number of hydrogen-bond donors (Lipinski definition) is 4. The summed E-state index contributed by atoms with van der Waals surface area (Å²) in [7, 11) is 0. The number of hydrogen-bond acceptors (Lipinski definition) is 5. The van der Waals surface area contributed by atoms with Crippen molar-refractivity contribution in [1.29, 1.82) is 0 Å². The molecule has 1 aromatic rings. The second-order valence-electron chi connectivity index (χ2n) is 5.12. The summed E-state index contributed by atoms with van der Waals surface area (Å²) in [4.78, 5) is 45.1. The van der Waals surface area contributed by atoms with Crippen LogP contribution in [0.5, 0.6) is 5.75 Å². The largest absolute Gasteiger partial charge is 0.480 e. The summed E-state index contributed by atoms with van der Waals surface area (Å²) in [5, 5.41) is 36.6. The fraction of sp³-hybridized carbons (Fsp3) is 0.125. The Balaban J connectivity index is 2.40. The zero-order valence-electron chi connectivity index (χ0n) is 12.5. The quantitative estimate of drug-likeness (QED) is 0.554. The van der Waals surface area contributed by atoms with Crippen LogP contribution in [0, 0.1) is 5.41 Å². The van der Waals surface area contributed by atoms with Gasteiger partial charge in [-0.3, -0.25) is 9.59 Å². The number of aliphatic carboxylic acids is 3. The zero-order chi connectivity index (χ0) is 18.8. The number of carboxylic acid groups (broad SMARTS) is 4. The molecule has 0 saturated heterocycles. The summed E-state index contributed by atoms with van der Waals surface area (Å²) in [6.07, 6.45) is 1.30. The summed E-state index contributed by atoms with van der Waals surface area (Å²) >= 11 is 0. The summed E-state index contributed by atoms with van der Waals surface area (Å²) in [5.41, 5.74) is -3.55. The zero-order valence-corrected chi connectivity index (χ0v) is 12.5. The van der Waals surface area contributed by atoms with Crippen molar-refractivity contribution >= 4 is 23.9 Å². The predicted molar refractivity (Wildman–Crippen MR) is 80.2 cm³/mol. The van der Waals surface area contributed by atoms with Gasteiger partial charge in [-0.1, -0.05) is 6.07 Å². The van der Waals surface area contributed by atoms with Gasteiger partial charge in [-0.15, -0.1) is 0 Å². The van der Waals surface area contributed by atoms with Gasteiger partial charge in [0.2, 0.25) is 0 Å². The summed E-state index contributed by atoms with van der Waals surface area (Å²) < 4.78 is 5.35. The van der Waals surface area contributed by atoms with E-state index in [2.05, 4.69) is 0 Å². The Morgan fingerprint density at radius 1 is 0.960 bits per heavy atom. The molecule has 0 aromatic heterocycles. The Labute approximate surface area is 140 Å². The maximum atomic E-state index is 11.4. The van der Waals surface area contributed by atoms with E-state index >= 15 is 0 Å². The highest BCUT2D eigenvalue weighted by molar-refractivity contribution is 6.10. The molecule has 1 aromatic carbocycles. The molecule has 0 radical (unpaired) electrons. The highest BCUT2D eigenvalue weighted by Crippen LogP contribution is 2.38. The number of benzene rings is 1. The Kier molecular flexibility index (Phi) is 4.59. The monoisotopic (exact) mass is 348 g/mol. The molecule has 0 spiro atoms. The minimum atomic E-state index is -2.62. The summed E-state index contributed by atoms with van der Waals surface area (Å²) in [6.45, 7) is 0. The van der Waals surface area contributed by atoms with E-state index in [0.717, 1.165) is 12.2 Å². The number of ether oxygens (including phenoxy) is 1. The lowest BCUT2D eigenvalue weighted by Gasteiger charge is -2.27. The van der Waals surface area contributed by atoms with Gasteiger partial charge in [0.1, 0.15) is 11.5 Å². The van der Waals surface area contributed by atoms with Crippen molar-refractivity contribution in [2.45, 2.75) is 6.42 Å². The lowest BCUT2D eigenvalue weighted by atomic mass is 9.74. The first-order valence-electron chi connectivity index (χ1n) is 6.82. The number of carbonyl (C=O) groups is 4. The van der Waals surface area contributed by atoms with Gasteiger partial charge in [0.25, 0.3) is 0 Å². The van der Waals surface area contributed by atoms with Crippen LogP contribution in [0.1, 0.15) is 16.8 Å². The molecule has 25 heavy (non-hydrogen) atoms. The van der Waals surface area contributed by atoms with Crippen LogP contribution in [-0.2, 0) is 14.4 Å². The van der Waals surface area contributed by atoms with Crippen molar-refractivity contribution in [1.82, 2.24) is 0 Å². The number of aromatic carboxylic acids is 1. The molecular formula is C16H12O9. The first kappa shape index (κ1) is 17.7. The number of rotatable bonds is 6. The molecule has 9 heteroatoms. The van der Waals surface area contributed by atoms with E-state index in [0.29, 0.717) is 0 Å². The maximum Gasteiger partial charge on any atom is 0.335 e. The fourth-order valence-corrected chi connectivity index (χ4v) is 2.33. The number of carboxylic acids is 4. The van der Waals surface area contributed by atoms with Gasteiger partial charge in [0.05, 0.1) is 11.1 Å². The van der Waals surface area contributed by atoms with E-state index in [1.165, 1.54) is 24.3 Å². The van der Waals surface area contributed by atoms with E-state index < -0.39 is 41.3 Å². The van der Waals surface area contributed by atoms with E-state index in [-0.39, 0.29) is 17.1 Å². The predicted octanol–water partition coefficient (Wildman–Crippen LogP) is 1.22. The lowest BCUT2D eigenvalue weighted by Crippen LogP contribution is -2.44. The third-order valence-corrected chi connectivity index (χ3v) is 3.63. The molecule has 0 saturated carbocycles. The van der Waals surface area contributed by atoms with Crippen molar-refractivity contribution in [3.8, 4) is 5.75 Å². The number of allylic oxidation sites excluding steroid dienone is 2. The molecule has 9 nitrogen and oxygen atoms in total. The van der Waals surface area contributed by atoms with Gasteiger partial charge in [0, 0.05) is 6.42 Å². The maximum absolute atomic E-state index is 11.4. The molecule has 1 aliphatic carbocycles. The highest BCUT2D eigenvalue weighted by Gasteiger charge is 2.53. The van der Waals surface area contributed by atoms with Crippen LogP contribution < -0.4 is 4.74 Å². The van der Waals surface area contributed by atoms with E-state index in [1.54, 1.807) is 0 Å². The Bertz CT molecular complexity index is 818. The minimum absolute atomic E-state index is 0.0678. The Morgan fingerprint density at radius 2 is 1.60 bits per heavy atom. The molecule has 4 N–H and O–H groups in total. The minimum Gasteiger partial charge on any atom is -0.480 e. The normalized spacial score (nSPS) is 15.5. The SMILES string of the molecule is O=C(O)C1=CC(Oc2cccc(C(=O)O)c2)=CCC1(C(=O)O)C(=O)O. The van der Waals surface area contributed by atoms with Gasteiger partial charge < -0.3 is 25.2 Å². The Morgan fingerprint density at radius 3 is 2.12 bits per heavy atom. The van der Waals surface area contributed by atoms with Gasteiger partial charge >= 0.3 is 23.9 Å². The third-order valence-electron chi connectivity index (χ3n) is 3.63. The molecule has 0 atom stereocenters. The van der Waals surface area contributed by atoms with Crippen molar-refractivity contribution in [2.24, 2.45) is 5.41 Å². The van der Waals surface area contributed by atoms with Gasteiger partial charge in [0.15, 0.2) is 5.41 Å². The van der Waals surface area contributed by atoms with Crippen LogP contribution >= 0.6 is 0 Å². The second kappa shape index (κ2) is 6.48. The molecule has 0 aliphatic heterocycles. The molecule has 0 fully saturated rings. The van der Waals surface area contributed by atoms with Crippen LogP contribution in [-0.4, -0.2) is 44.3 Å². The molecule has 0 bridgehead atoms. The second-order valence-corrected chi connectivity index (χ2v) is 5.12. The third kappa shape index (κ3) is 3.20. The van der Waals surface area contributed by atoms with E-state index in [9.17, 15) is 34.5 Å². The van der Waals surface area contributed by atoms with Crippen molar-refractivity contribution in [3.05, 3.63) is 53.3 Å². The highest BCUT2D eigenvalue weighted by atomic mass is 16.5. The average Bonchev–Trinajstić information content (AvgIpc) is 2.54. The van der Waals surface area contributed by atoms with E-state index in [4.69, 9.17) is 9.84 Å². The fourth-order valence-electron chi connectivity index (χ4n) is 2.33. The van der Waals surface area contributed by atoms with Crippen molar-refractivity contribution in [2.75, 3.05) is 0 Å². The van der Waals surface area contributed by atoms with Crippen LogP contribution in [0.4, 0.5) is 0 Å². The standard InChI is InChI=1S/C16H12O9/c17-12(18)8-2-1-3-9(6-8)25-10-4-5-16(14(21)22,15(23)24)11(7-10)13(19)20/h1-4,6-7H,5H2,(H,17,18)(H,19,20)(H,21,22)(H,23,24). The Hall–Kier alpha value is -3.62. The van der Waals surface area contributed by atoms with Gasteiger partial charge in [-0.05, 0) is 30.4 Å². The van der Waals surface area contributed by atoms with Crippen molar-refractivity contribution < 1.29 is 44.3 Å². The molecule has 1 aliphatic rings. The van der Waals surface area contributed by atoms with Gasteiger partial charge in [-0.25, -0.2) is 9.59 Å². The summed E-state index contributed by atoms with van der Waals surface area (Å²) in [6, 6.07) is 5.33. The van der Waals surface area contributed by atoms with Crippen LogP contribution in [0.15, 0.2) is 47.7 Å². The molecule has 2 rings (SSSR count). The van der Waals surface area contributed by atoms with Gasteiger partial charge in [-0.2, -0.15) is 0 Å². The van der Waals surface area contributed by atoms with Crippen LogP contribution in [0.25, 0.3) is 0 Å². The first-order valence-corrected chi connectivity index (χ1v) is 6.82. The molecule has 0 heterocycles.